The topological polar surface area (TPSA) is 84.9 Å². The monoisotopic (exact) mass is 438 g/mol. The molecule has 1 unspecified atom stereocenters. The third-order valence-electron chi connectivity index (χ3n) is 4.12. The van der Waals surface area contributed by atoms with E-state index in [1.165, 1.54) is 12.1 Å². The molecule has 1 amide bonds. The Hall–Kier alpha value is -2.01. The van der Waals surface area contributed by atoms with Gasteiger partial charge in [-0.1, -0.05) is 18.6 Å². The van der Waals surface area contributed by atoms with E-state index in [9.17, 15) is 26.4 Å². The predicted octanol–water partition coefficient (Wildman–Crippen LogP) is 3.65. The zero-order valence-corrected chi connectivity index (χ0v) is 17.3. The zero-order valence-electron chi connectivity index (χ0n) is 16.5. The van der Waals surface area contributed by atoms with Gasteiger partial charge in [-0.25, -0.2) is 13.2 Å². The van der Waals surface area contributed by atoms with Crippen molar-refractivity contribution in [1.29, 1.82) is 0 Å². The summed E-state index contributed by atoms with van der Waals surface area (Å²) in [6, 6.07) is 4.01. The summed E-state index contributed by atoms with van der Waals surface area (Å²) < 4.78 is 74.4. The molecular weight excluding hydrogens is 413 g/mol. The number of alkyl halides is 3. The van der Waals surface area contributed by atoms with Gasteiger partial charge in [0.2, 0.25) is 10.0 Å². The molecule has 1 heterocycles. The average Bonchev–Trinajstić information content (AvgIpc) is 2.57. The maximum Gasteiger partial charge on any atom is 0.573 e. The molecule has 1 aliphatic rings. The number of alkyl carbamates (subject to hydrolysis) is 1. The third-order valence-corrected chi connectivity index (χ3v) is 6.11. The van der Waals surface area contributed by atoms with Gasteiger partial charge in [0.05, 0.1) is 0 Å². The molecule has 0 aliphatic carbocycles. The van der Waals surface area contributed by atoms with Gasteiger partial charge in [-0.15, -0.1) is 13.2 Å². The number of amides is 1. The Bertz CT molecular complexity index is 822. The molecule has 1 fully saturated rings. The van der Waals surface area contributed by atoms with Gasteiger partial charge < -0.3 is 14.8 Å². The van der Waals surface area contributed by atoms with Gasteiger partial charge in [0.25, 0.3) is 0 Å². The summed E-state index contributed by atoms with van der Waals surface area (Å²) in [4.78, 5) is 11.3. The van der Waals surface area contributed by atoms with Crippen LogP contribution in [0.15, 0.2) is 29.2 Å². The number of halogens is 3. The number of nitrogens with zero attached hydrogens (tertiary/aromatic N) is 1. The van der Waals surface area contributed by atoms with Gasteiger partial charge >= 0.3 is 12.5 Å². The second-order valence-corrected chi connectivity index (χ2v) is 9.50. The van der Waals surface area contributed by atoms with Crippen LogP contribution in [0.5, 0.6) is 5.75 Å². The molecule has 1 aromatic carbocycles. The number of carbonyl (C=O) groups is 1. The van der Waals surface area contributed by atoms with E-state index in [0.29, 0.717) is 12.8 Å². The van der Waals surface area contributed by atoms with Gasteiger partial charge in [-0.05, 0) is 45.7 Å². The van der Waals surface area contributed by atoms with Crippen LogP contribution in [0.2, 0.25) is 0 Å². The van der Waals surface area contributed by atoms with Crippen molar-refractivity contribution in [3.05, 3.63) is 24.3 Å². The van der Waals surface area contributed by atoms with Crippen LogP contribution in [0.1, 0.15) is 40.0 Å². The number of benzene rings is 1. The van der Waals surface area contributed by atoms with Crippen molar-refractivity contribution in [3.63, 3.8) is 0 Å². The van der Waals surface area contributed by atoms with Crippen LogP contribution in [0.4, 0.5) is 18.0 Å². The Kier molecular flexibility index (Phi) is 7.05. The number of ether oxygens (including phenoxy) is 2. The Labute approximate surface area is 168 Å². The van der Waals surface area contributed by atoms with E-state index < -0.39 is 44.8 Å². The number of nitrogens with one attached hydrogen (secondary N) is 1. The van der Waals surface area contributed by atoms with Crippen LogP contribution < -0.4 is 10.1 Å². The van der Waals surface area contributed by atoms with Crippen LogP contribution in [0.25, 0.3) is 0 Å². The van der Waals surface area contributed by atoms with Crippen molar-refractivity contribution in [2.45, 2.75) is 62.9 Å². The van der Waals surface area contributed by atoms with Gasteiger partial charge in [-0.2, -0.15) is 4.31 Å². The van der Waals surface area contributed by atoms with E-state index in [1.54, 1.807) is 20.8 Å². The highest BCUT2D eigenvalue weighted by Crippen LogP contribution is 2.33. The lowest BCUT2D eigenvalue weighted by atomic mass is 10.1. The summed E-state index contributed by atoms with van der Waals surface area (Å²) in [5.41, 5.74) is -0.712. The van der Waals surface area contributed by atoms with E-state index in [0.717, 1.165) is 22.9 Å². The summed E-state index contributed by atoms with van der Waals surface area (Å²) in [6.07, 6.45) is -3.97. The first-order valence-corrected chi connectivity index (χ1v) is 10.6. The normalized spacial score (nSPS) is 18.9. The number of hydrogen-bond acceptors (Lipinski definition) is 5. The Morgan fingerprint density at radius 3 is 2.48 bits per heavy atom. The summed E-state index contributed by atoms with van der Waals surface area (Å²) in [5, 5.41) is 2.54. The molecule has 2 rings (SSSR count). The lowest BCUT2D eigenvalue weighted by Gasteiger charge is -2.35. The maximum absolute atomic E-state index is 13.1. The summed E-state index contributed by atoms with van der Waals surface area (Å²) >= 11 is 0. The molecule has 0 spiro atoms. The molecule has 0 radical (unpaired) electrons. The van der Waals surface area contributed by atoms with Crippen LogP contribution in [0.3, 0.4) is 0 Å². The SMILES string of the molecule is CC(C)(C)OC(=O)NCC1CCCCN1S(=O)(=O)c1ccccc1OC(F)(F)F. The first kappa shape index (κ1) is 23.3. The van der Waals surface area contributed by atoms with Crippen molar-refractivity contribution in [1.82, 2.24) is 9.62 Å². The van der Waals surface area contributed by atoms with Crippen LogP contribution in [-0.2, 0) is 14.8 Å². The Balaban J connectivity index is 2.22. The molecule has 7 nitrogen and oxygen atoms in total. The lowest BCUT2D eigenvalue weighted by molar-refractivity contribution is -0.275. The van der Waals surface area contributed by atoms with Crippen molar-refractivity contribution < 1.29 is 35.9 Å². The van der Waals surface area contributed by atoms with Crippen LogP contribution in [-0.4, -0.2) is 49.9 Å². The molecule has 1 atom stereocenters. The fourth-order valence-electron chi connectivity index (χ4n) is 3.01. The molecular formula is C18H25F3N2O5S. The minimum atomic E-state index is -5.02. The highest BCUT2D eigenvalue weighted by molar-refractivity contribution is 7.89. The van der Waals surface area contributed by atoms with E-state index >= 15 is 0 Å². The molecule has 1 saturated heterocycles. The molecule has 164 valence electrons. The number of hydrogen-bond donors (Lipinski definition) is 1. The van der Waals surface area contributed by atoms with E-state index in [1.807, 2.05) is 0 Å². The summed E-state index contributed by atoms with van der Waals surface area (Å²) in [5.74, 6) is -0.788. The average molecular weight is 438 g/mol. The predicted molar refractivity (Wildman–Crippen MR) is 98.9 cm³/mol. The van der Waals surface area contributed by atoms with Crippen LogP contribution in [0, 0.1) is 0 Å². The molecule has 1 N–H and O–H groups in total. The second kappa shape index (κ2) is 8.78. The standard InChI is InChI=1S/C18H25F3N2O5S/c1-17(2,3)28-16(24)22-12-13-8-6-7-11-23(13)29(25,26)15-10-5-4-9-14(15)27-18(19,20)21/h4-5,9-10,13H,6-8,11-12H2,1-3H3,(H,22,24). The number of sulfonamides is 1. The number of carbonyl (C=O) groups excluding carboxylic acids is 1. The van der Waals surface area contributed by atoms with Crippen molar-refractivity contribution in [2.75, 3.05) is 13.1 Å². The van der Waals surface area contributed by atoms with E-state index in [4.69, 9.17) is 4.74 Å². The molecule has 1 aromatic rings. The van der Waals surface area contributed by atoms with Crippen molar-refractivity contribution >= 4 is 16.1 Å². The number of rotatable bonds is 5. The molecule has 0 saturated carbocycles. The van der Waals surface area contributed by atoms with Crippen molar-refractivity contribution in [2.24, 2.45) is 0 Å². The summed E-state index contributed by atoms with van der Waals surface area (Å²) in [7, 11) is -4.28. The van der Waals surface area contributed by atoms with Gasteiger partial charge in [0.1, 0.15) is 16.2 Å². The van der Waals surface area contributed by atoms with Gasteiger partial charge in [0, 0.05) is 19.1 Å². The van der Waals surface area contributed by atoms with Gasteiger partial charge in [0.15, 0.2) is 0 Å². The quantitative estimate of drug-likeness (QED) is 0.759. The smallest absolute Gasteiger partial charge is 0.444 e. The molecule has 1 aliphatic heterocycles. The minimum absolute atomic E-state index is 0.0174. The van der Waals surface area contributed by atoms with E-state index in [-0.39, 0.29) is 13.1 Å². The maximum atomic E-state index is 13.1. The number of para-hydroxylation sites is 1. The van der Waals surface area contributed by atoms with Gasteiger partial charge in [-0.3, -0.25) is 0 Å². The fourth-order valence-corrected chi connectivity index (χ4v) is 4.82. The lowest BCUT2D eigenvalue weighted by Crippen LogP contribution is -2.49. The molecule has 0 aromatic heterocycles. The minimum Gasteiger partial charge on any atom is -0.444 e. The molecule has 11 heteroatoms. The highest BCUT2D eigenvalue weighted by Gasteiger charge is 2.38. The first-order chi connectivity index (χ1) is 13.3. The Morgan fingerprint density at radius 2 is 1.86 bits per heavy atom. The van der Waals surface area contributed by atoms with Crippen LogP contribution >= 0.6 is 0 Å². The Morgan fingerprint density at radius 1 is 1.21 bits per heavy atom. The highest BCUT2D eigenvalue weighted by atomic mass is 32.2. The number of piperidine rings is 1. The van der Waals surface area contributed by atoms with E-state index in [2.05, 4.69) is 10.1 Å². The largest absolute Gasteiger partial charge is 0.573 e. The first-order valence-electron chi connectivity index (χ1n) is 9.13. The third kappa shape index (κ3) is 6.77. The zero-order chi connectivity index (χ0) is 21.9. The second-order valence-electron chi connectivity index (χ2n) is 7.64. The molecule has 29 heavy (non-hydrogen) atoms. The van der Waals surface area contributed by atoms with Crippen molar-refractivity contribution in [3.8, 4) is 5.75 Å². The fraction of sp³-hybridized carbons (Fsp3) is 0.611. The summed E-state index contributed by atoms with van der Waals surface area (Å²) in [6.45, 7) is 5.20. The molecule has 0 bridgehead atoms.